The molecule has 18 heavy (non-hydrogen) atoms. The van der Waals surface area contributed by atoms with Crippen LogP contribution in [0.1, 0.15) is 6.92 Å². The average Bonchev–Trinajstić information content (AvgIpc) is 2.76. The van der Waals surface area contributed by atoms with Crippen LogP contribution in [0.3, 0.4) is 0 Å². The second-order valence-electron chi connectivity index (χ2n) is 3.56. The van der Waals surface area contributed by atoms with Crippen molar-refractivity contribution in [3.63, 3.8) is 0 Å². The van der Waals surface area contributed by atoms with E-state index in [1.165, 1.54) is 12.4 Å². The van der Waals surface area contributed by atoms with Crippen molar-refractivity contribution >= 4 is 15.7 Å². The van der Waals surface area contributed by atoms with Crippen molar-refractivity contribution in [3.8, 4) is 0 Å². The summed E-state index contributed by atoms with van der Waals surface area (Å²) in [5.74, 6) is 0. The number of aromatic amines is 1. The van der Waals surface area contributed by atoms with E-state index in [0.717, 1.165) is 12.3 Å². The molecule has 2 N–H and O–H groups in total. The Bertz CT molecular complexity index is 702. The maximum atomic E-state index is 12.0. The Hall–Kier alpha value is -2.09. The smallest absolute Gasteiger partial charge is 0.267 e. The number of rotatable bonds is 4. The van der Waals surface area contributed by atoms with Crippen molar-refractivity contribution in [1.29, 1.82) is 0 Å². The fourth-order valence-electron chi connectivity index (χ4n) is 1.41. The highest BCUT2D eigenvalue weighted by molar-refractivity contribution is 7.92. The van der Waals surface area contributed by atoms with Gasteiger partial charge in [-0.05, 0) is 6.92 Å². The van der Waals surface area contributed by atoms with E-state index in [2.05, 4.69) is 14.8 Å². The lowest BCUT2D eigenvalue weighted by molar-refractivity contribution is 0.600. The van der Waals surface area contributed by atoms with Gasteiger partial charge in [0.1, 0.15) is 0 Å². The summed E-state index contributed by atoms with van der Waals surface area (Å²) in [6.07, 6.45) is 5.46. The number of aromatic nitrogens is 3. The summed E-state index contributed by atoms with van der Waals surface area (Å²) in [5.41, 5.74) is -0.246. The first kappa shape index (κ1) is 12.4. The molecule has 0 radical (unpaired) electrons. The lowest BCUT2D eigenvalue weighted by Crippen LogP contribution is -2.20. The first-order chi connectivity index (χ1) is 8.53. The zero-order valence-corrected chi connectivity index (χ0v) is 10.4. The van der Waals surface area contributed by atoms with E-state index in [-0.39, 0.29) is 4.90 Å². The molecule has 2 aromatic heterocycles. The van der Waals surface area contributed by atoms with Crippen LogP contribution >= 0.6 is 0 Å². The Morgan fingerprint density at radius 1 is 1.50 bits per heavy atom. The number of aryl methyl sites for hydroxylation is 1. The molecule has 2 aromatic rings. The van der Waals surface area contributed by atoms with E-state index in [9.17, 15) is 13.2 Å². The normalized spacial score (nSPS) is 11.4. The van der Waals surface area contributed by atoms with Crippen molar-refractivity contribution in [1.82, 2.24) is 14.8 Å². The predicted octanol–water partition coefficient (Wildman–Crippen LogP) is 0.392. The van der Waals surface area contributed by atoms with Gasteiger partial charge in [0.25, 0.3) is 10.0 Å². The van der Waals surface area contributed by atoms with E-state index < -0.39 is 15.5 Å². The standard InChI is InChI=1S/C10H12N4O3S/c1-2-14-7-8(5-12-14)13-18(16,17)10-6-11-4-3-9(10)15/h3-7,13H,2H2,1H3,(H,11,15). The van der Waals surface area contributed by atoms with Gasteiger partial charge in [0.15, 0.2) is 4.90 Å². The fourth-order valence-corrected chi connectivity index (χ4v) is 2.49. The molecule has 0 fully saturated rings. The van der Waals surface area contributed by atoms with Crippen molar-refractivity contribution in [2.24, 2.45) is 0 Å². The SMILES string of the molecule is CCn1cc(NS(=O)(=O)c2c[nH]ccc2=O)cn1. The molecule has 2 heterocycles. The van der Waals surface area contributed by atoms with Crippen LogP contribution in [0.4, 0.5) is 5.69 Å². The van der Waals surface area contributed by atoms with Gasteiger partial charge in [-0.25, -0.2) is 8.42 Å². The summed E-state index contributed by atoms with van der Waals surface area (Å²) < 4.78 is 27.8. The van der Waals surface area contributed by atoms with Crippen LogP contribution in [0.5, 0.6) is 0 Å². The predicted molar refractivity (Wildman–Crippen MR) is 65.8 cm³/mol. The van der Waals surface area contributed by atoms with Crippen LogP contribution < -0.4 is 10.2 Å². The third-order valence-electron chi connectivity index (χ3n) is 2.29. The van der Waals surface area contributed by atoms with Crippen LogP contribution in [0, 0.1) is 0 Å². The molecule has 0 unspecified atom stereocenters. The maximum absolute atomic E-state index is 12.0. The molecule has 0 amide bonds. The third kappa shape index (κ3) is 2.43. The molecule has 0 spiro atoms. The molecule has 0 atom stereocenters. The van der Waals surface area contributed by atoms with Gasteiger partial charge in [-0.2, -0.15) is 5.10 Å². The molecular formula is C10H12N4O3S. The van der Waals surface area contributed by atoms with Gasteiger partial charge in [0.2, 0.25) is 5.43 Å². The van der Waals surface area contributed by atoms with E-state index in [0.29, 0.717) is 12.2 Å². The van der Waals surface area contributed by atoms with Gasteiger partial charge in [0, 0.05) is 31.2 Å². The van der Waals surface area contributed by atoms with Crippen LogP contribution in [0.2, 0.25) is 0 Å². The number of hydrogen-bond acceptors (Lipinski definition) is 4. The Morgan fingerprint density at radius 3 is 2.89 bits per heavy atom. The van der Waals surface area contributed by atoms with E-state index in [1.54, 1.807) is 10.9 Å². The van der Waals surface area contributed by atoms with Gasteiger partial charge in [-0.1, -0.05) is 0 Å². The van der Waals surface area contributed by atoms with Crippen LogP contribution in [0.15, 0.2) is 40.5 Å². The van der Waals surface area contributed by atoms with Crippen molar-refractivity contribution < 1.29 is 8.42 Å². The number of nitrogens with zero attached hydrogens (tertiary/aromatic N) is 2. The molecule has 0 bridgehead atoms. The first-order valence-corrected chi connectivity index (χ1v) is 6.73. The summed E-state index contributed by atoms with van der Waals surface area (Å²) in [6.45, 7) is 2.51. The maximum Gasteiger partial charge on any atom is 0.267 e. The minimum absolute atomic E-state index is 0.320. The lowest BCUT2D eigenvalue weighted by Gasteiger charge is -2.04. The van der Waals surface area contributed by atoms with Gasteiger partial charge < -0.3 is 4.98 Å². The molecule has 7 nitrogen and oxygen atoms in total. The number of nitrogens with one attached hydrogen (secondary N) is 2. The average molecular weight is 268 g/mol. The number of anilines is 1. The Kier molecular flexibility index (Phi) is 3.19. The van der Waals surface area contributed by atoms with Crippen LogP contribution in [-0.4, -0.2) is 23.2 Å². The summed E-state index contributed by atoms with van der Waals surface area (Å²) >= 11 is 0. The van der Waals surface area contributed by atoms with Gasteiger partial charge in [0.05, 0.1) is 11.9 Å². The van der Waals surface area contributed by atoms with E-state index in [1.807, 2.05) is 6.92 Å². The molecule has 0 aliphatic rings. The highest BCUT2D eigenvalue weighted by Crippen LogP contribution is 2.11. The van der Waals surface area contributed by atoms with Crippen molar-refractivity contribution in [3.05, 3.63) is 41.1 Å². The highest BCUT2D eigenvalue weighted by Gasteiger charge is 2.18. The number of sulfonamides is 1. The van der Waals surface area contributed by atoms with E-state index in [4.69, 9.17) is 0 Å². The van der Waals surface area contributed by atoms with E-state index >= 15 is 0 Å². The number of H-pyrrole nitrogens is 1. The van der Waals surface area contributed by atoms with Crippen molar-refractivity contribution in [2.75, 3.05) is 4.72 Å². The second-order valence-corrected chi connectivity index (χ2v) is 5.21. The number of hydrogen-bond donors (Lipinski definition) is 2. The second kappa shape index (κ2) is 4.65. The fraction of sp³-hybridized carbons (Fsp3) is 0.200. The van der Waals surface area contributed by atoms with Crippen LogP contribution in [0.25, 0.3) is 0 Å². The minimum Gasteiger partial charge on any atom is -0.366 e. The topological polar surface area (TPSA) is 96.9 Å². The monoisotopic (exact) mass is 268 g/mol. The Morgan fingerprint density at radius 2 is 2.28 bits per heavy atom. The van der Waals surface area contributed by atoms with Gasteiger partial charge in [-0.15, -0.1) is 0 Å². The van der Waals surface area contributed by atoms with Crippen molar-refractivity contribution in [2.45, 2.75) is 18.4 Å². The minimum atomic E-state index is -3.89. The molecule has 0 aliphatic heterocycles. The lowest BCUT2D eigenvalue weighted by atomic mass is 10.5. The molecule has 96 valence electrons. The molecular weight excluding hydrogens is 256 g/mol. The first-order valence-electron chi connectivity index (χ1n) is 5.25. The van der Waals surface area contributed by atoms with Crippen LogP contribution in [-0.2, 0) is 16.6 Å². The third-order valence-corrected chi connectivity index (χ3v) is 3.69. The molecule has 2 rings (SSSR count). The highest BCUT2D eigenvalue weighted by atomic mass is 32.2. The summed E-state index contributed by atoms with van der Waals surface area (Å²) in [5, 5.41) is 3.94. The Balaban J connectivity index is 2.33. The summed E-state index contributed by atoms with van der Waals surface area (Å²) in [4.78, 5) is 13.7. The molecule has 0 aliphatic carbocycles. The quantitative estimate of drug-likeness (QED) is 0.838. The zero-order valence-electron chi connectivity index (χ0n) is 9.62. The molecule has 8 heteroatoms. The summed E-state index contributed by atoms with van der Waals surface area (Å²) in [6, 6.07) is 1.16. The summed E-state index contributed by atoms with van der Waals surface area (Å²) in [7, 11) is -3.89. The molecule has 0 saturated heterocycles. The number of pyridine rings is 1. The largest absolute Gasteiger partial charge is 0.366 e. The molecule has 0 aromatic carbocycles. The van der Waals surface area contributed by atoms with Gasteiger partial charge in [-0.3, -0.25) is 14.2 Å². The Labute approximate surface area is 104 Å². The molecule has 0 saturated carbocycles. The van der Waals surface area contributed by atoms with Gasteiger partial charge >= 0.3 is 0 Å². The zero-order chi connectivity index (χ0) is 13.2.